The van der Waals surface area contributed by atoms with E-state index in [1.807, 2.05) is 0 Å². The quantitative estimate of drug-likeness (QED) is 0.555. The molecule has 0 aliphatic carbocycles. The molecule has 5 nitrogen and oxygen atoms in total. The van der Waals surface area contributed by atoms with E-state index in [9.17, 15) is 10.1 Å². The van der Waals surface area contributed by atoms with Crippen molar-refractivity contribution in [2.45, 2.75) is 18.3 Å². The predicted octanol–water partition coefficient (Wildman–Crippen LogP) is 2.81. The van der Waals surface area contributed by atoms with Crippen LogP contribution >= 0.6 is 15.9 Å². The van der Waals surface area contributed by atoms with Gasteiger partial charge in [-0.2, -0.15) is 5.26 Å². The van der Waals surface area contributed by atoms with E-state index in [-0.39, 0.29) is 0 Å². The molecule has 0 fully saturated rings. The van der Waals surface area contributed by atoms with E-state index in [1.165, 1.54) is 21.3 Å². The number of nitrogens with zero attached hydrogens (tertiary/aromatic N) is 1. The summed E-state index contributed by atoms with van der Waals surface area (Å²) in [4.78, 5) is 12.2. The van der Waals surface area contributed by atoms with Crippen LogP contribution in [-0.4, -0.2) is 32.6 Å². The van der Waals surface area contributed by atoms with Crippen LogP contribution in [0.4, 0.5) is 0 Å². The van der Waals surface area contributed by atoms with Crippen LogP contribution in [0.15, 0.2) is 18.2 Å². The molecule has 0 aliphatic rings. The SMILES string of the molecule is COC(=O)C(C#N)(CCCBr)c1ccc(OC)c(OC)c1. The molecule has 1 rings (SSSR count). The summed E-state index contributed by atoms with van der Waals surface area (Å²) in [5, 5.41) is 10.3. The van der Waals surface area contributed by atoms with Crippen LogP contribution in [0.5, 0.6) is 11.5 Å². The lowest BCUT2D eigenvalue weighted by Gasteiger charge is -2.24. The third kappa shape index (κ3) is 3.48. The smallest absolute Gasteiger partial charge is 0.330 e. The Morgan fingerprint density at radius 3 is 2.43 bits per heavy atom. The first-order chi connectivity index (χ1) is 10.1. The molecule has 0 heterocycles. The number of esters is 1. The Bertz CT molecular complexity index is 541. The molecule has 114 valence electrons. The van der Waals surface area contributed by atoms with Crippen molar-refractivity contribution < 1.29 is 19.0 Å². The van der Waals surface area contributed by atoms with Gasteiger partial charge in [-0.05, 0) is 30.5 Å². The van der Waals surface area contributed by atoms with Crippen LogP contribution in [0.25, 0.3) is 0 Å². The second-order valence-corrected chi connectivity index (χ2v) is 5.16. The minimum Gasteiger partial charge on any atom is -0.493 e. The fourth-order valence-electron chi connectivity index (χ4n) is 2.14. The van der Waals surface area contributed by atoms with Crippen LogP contribution in [0, 0.1) is 11.3 Å². The molecule has 1 unspecified atom stereocenters. The van der Waals surface area contributed by atoms with Gasteiger partial charge in [0.1, 0.15) is 0 Å². The standard InChI is InChI=1S/C15H18BrNO4/c1-19-12-6-5-11(9-13(12)20-2)15(10-17,7-4-8-16)14(18)21-3/h5-6,9H,4,7-8H2,1-3H3. The van der Waals surface area contributed by atoms with Crippen molar-refractivity contribution in [2.24, 2.45) is 0 Å². The first kappa shape index (κ1) is 17.3. The van der Waals surface area contributed by atoms with Gasteiger partial charge in [0.15, 0.2) is 16.9 Å². The topological polar surface area (TPSA) is 68.6 Å². The van der Waals surface area contributed by atoms with Crippen molar-refractivity contribution in [2.75, 3.05) is 26.7 Å². The Labute approximate surface area is 132 Å². The Balaban J connectivity index is 3.38. The van der Waals surface area contributed by atoms with Crippen molar-refractivity contribution in [3.05, 3.63) is 23.8 Å². The van der Waals surface area contributed by atoms with Crippen molar-refractivity contribution in [1.82, 2.24) is 0 Å². The van der Waals surface area contributed by atoms with Crippen molar-refractivity contribution in [3.63, 3.8) is 0 Å². The van der Waals surface area contributed by atoms with Gasteiger partial charge in [0.2, 0.25) is 0 Å². The predicted molar refractivity (Wildman–Crippen MR) is 81.9 cm³/mol. The van der Waals surface area contributed by atoms with Gasteiger partial charge in [-0.3, -0.25) is 0 Å². The molecule has 6 heteroatoms. The van der Waals surface area contributed by atoms with E-state index in [1.54, 1.807) is 18.2 Å². The van der Waals surface area contributed by atoms with Gasteiger partial charge in [0, 0.05) is 5.33 Å². The Morgan fingerprint density at radius 2 is 1.95 bits per heavy atom. The molecule has 0 bridgehead atoms. The third-order valence-corrected chi connectivity index (χ3v) is 3.85. The van der Waals surface area contributed by atoms with Crippen molar-refractivity contribution >= 4 is 21.9 Å². The number of ether oxygens (including phenoxy) is 3. The molecule has 0 aromatic heterocycles. The molecule has 1 aromatic rings. The zero-order valence-electron chi connectivity index (χ0n) is 12.3. The number of alkyl halides is 1. The summed E-state index contributed by atoms with van der Waals surface area (Å²) in [5.74, 6) is 0.439. The Hall–Kier alpha value is -1.74. The normalized spacial score (nSPS) is 12.9. The molecule has 21 heavy (non-hydrogen) atoms. The monoisotopic (exact) mass is 355 g/mol. The molecular weight excluding hydrogens is 338 g/mol. The summed E-state index contributed by atoms with van der Waals surface area (Å²) in [7, 11) is 4.32. The van der Waals surface area contributed by atoms with Gasteiger partial charge in [-0.15, -0.1) is 0 Å². The molecule has 1 atom stereocenters. The van der Waals surface area contributed by atoms with Gasteiger partial charge in [-0.25, -0.2) is 4.79 Å². The molecule has 0 spiro atoms. The van der Waals surface area contributed by atoms with Gasteiger partial charge in [0.25, 0.3) is 0 Å². The van der Waals surface area contributed by atoms with Gasteiger partial charge in [0.05, 0.1) is 27.4 Å². The van der Waals surface area contributed by atoms with Crippen LogP contribution in [-0.2, 0) is 14.9 Å². The minimum absolute atomic E-state index is 0.358. The molecule has 0 N–H and O–H groups in total. The molecule has 0 saturated carbocycles. The maximum absolute atomic E-state index is 12.2. The van der Waals surface area contributed by atoms with Crippen LogP contribution in [0.3, 0.4) is 0 Å². The summed E-state index contributed by atoms with van der Waals surface area (Å²) in [6, 6.07) is 7.13. The van der Waals surface area contributed by atoms with E-state index in [0.717, 1.165) is 0 Å². The first-order valence-electron chi connectivity index (χ1n) is 6.37. The number of hydrogen-bond donors (Lipinski definition) is 0. The number of nitriles is 1. The number of benzene rings is 1. The molecule has 0 saturated heterocycles. The highest BCUT2D eigenvalue weighted by Crippen LogP contribution is 2.36. The highest BCUT2D eigenvalue weighted by Gasteiger charge is 2.42. The number of carbonyl (C=O) groups is 1. The van der Waals surface area contributed by atoms with Crippen LogP contribution in [0.2, 0.25) is 0 Å². The maximum Gasteiger partial charge on any atom is 0.330 e. The third-order valence-electron chi connectivity index (χ3n) is 3.29. The Kier molecular flexibility index (Phi) is 6.50. The van der Waals surface area contributed by atoms with Crippen molar-refractivity contribution in [3.8, 4) is 17.6 Å². The number of methoxy groups -OCH3 is 3. The number of halogens is 1. The fraction of sp³-hybridized carbons (Fsp3) is 0.467. The summed E-state index contributed by atoms with van der Waals surface area (Å²) in [6.45, 7) is 0. The van der Waals surface area contributed by atoms with E-state index in [0.29, 0.717) is 35.2 Å². The van der Waals surface area contributed by atoms with Gasteiger partial charge >= 0.3 is 5.97 Å². The van der Waals surface area contributed by atoms with Crippen molar-refractivity contribution in [1.29, 1.82) is 5.26 Å². The summed E-state index contributed by atoms with van der Waals surface area (Å²) >= 11 is 3.32. The lowest BCUT2D eigenvalue weighted by Crippen LogP contribution is -2.35. The molecular formula is C15H18BrNO4. The van der Waals surface area contributed by atoms with E-state index >= 15 is 0 Å². The second kappa shape index (κ2) is 7.89. The van der Waals surface area contributed by atoms with Crippen LogP contribution in [0.1, 0.15) is 18.4 Å². The summed E-state index contributed by atoms with van der Waals surface area (Å²) in [6.07, 6.45) is 1.02. The average molecular weight is 356 g/mol. The van der Waals surface area contributed by atoms with Gasteiger partial charge < -0.3 is 14.2 Å². The molecule has 0 aliphatic heterocycles. The lowest BCUT2D eigenvalue weighted by atomic mass is 9.78. The fourth-order valence-corrected chi connectivity index (χ4v) is 2.42. The van der Waals surface area contributed by atoms with E-state index in [2.05, 4.69) is 22.0 Å². The molecule has 0 amide bonds. The van der Waals surface area contributed by atoms with E-state index < -0.39 is 11.4 Å². The zero-order chi connectivity index (χ0) is 15.9. The second-order valence-electron chi connectivity index (χ2n) is 4.37. The highest BCUT2D eigenvalue weighted by molar-refractivity contribution is 9.09. The number of rotatable bonds is 7. The summed E-state index contributed by atoms with van der Waals surface area (Å²) < 4.78 is 15.3. The maximum atomic E-state index is 12.2. The molecule has 1 aromatic carbocycles. The zero-order valence-corrected chi connectivity index (χ0v) is 13.9. The largest absolute Gasteiger partial charge is 0.493 e. The minimum atomic E-state index is -1.35. The van der Waals surface area contributed by atoms with Gasteiger partial charge in [-0.1, -0.05) is 22.0 Å². The highest BCUT2D eigenvalue weighted by atomic mass is 79.9. The average Bonchev–Trinajstić information content (AvgIpc) is 2.55. The first-order valence-corrected chi connectivity index (χ1v) is 7.50. The summed E-state index contributed by atoms with van der Waals surface area (Å²) in [5.41, 5.74) is -0.808. The number of hydrogen-bond acceptors (Lipinski definition) is 5. The molecule has 0 radical (unpaired) electrons. The van der Waals surface area contributed by atoms with Crippen LogP contribution < -0.4 is 9.47 Å². The Morgan fingerprint density at radius 1 is 1.29 bits per heavy atom. The lowest BCUT2D eigenvalue weighted by molar-refractivity contribution is -0.145. The number of carbonyl (C=O) groups excluding carboxylic acids is 1. The van der Waals surface area contributed by atoms with E-state index in [4.69, 9.17) is 14.2 Å².